The minimum atomic E-state index is -0.341. The second-order valence-corrected chi connectivity index (χ2v) is 7.09. The smallest absolute Gasteiger partial charge is 0.220 e. The first-order chi connectivity index (χ1) is 12.1. The van der Waals surface area contributed by atoms with Crippen LogP contribution in [0.25, 0.3) is 0 Å². The Balaban J connectivity index is 1.72. The Kier molecular flexibility index (Phi) is 7.92. The lowest BCUT2D eigenvalue weighted by molar-refractivity contribution is -0.123. The number of hydrogen-bond acceptors (Lipinski definition) is 3. The molecular weight excluding hydrogens is 314 g/mol. The van der Waals surface area contributed by atoms with Crippen molar-refractivity contribution in [3.05, 3.63) is 35.9 Å². The SMILES string of the molecule is CC(CCC(=O)NCC[C@@H]1CCCCN1Cc1ccccc1)C(N)=O. The first-order valence-corrected chi connectivity index (χ1v) is 9.40. The van der Waals surface area contributed by atoms with Gasteiger partial charge in [-0.2, -0.15) is 0 Å². The molecule has 0 spiro atoms. The lowest BCUT2D eigenvalue weighted by Crippen LogP contribution is -2.41. The van der Waals surface area contributed by atoms with E-state index in [1.54, 1.807) is 6.92 Å². The quantitative estimate of drug-likeness (QED) is 0.722. The highest BCUT2D eigenvalue weighted by molar-refractivity contribution is 5.79. The predicted octanol–water partition coefficient (Wildman–Crippen LogP) is 2.45. The van der Waals surface area contributed by atoms with Crippen molar-refractivity contribution < 1.29 is 9.59 Å². The van der Waals surface area contributed by atoms with Crippen LogP contribution in [0.3, 0.4) is 0 Å². The first-order valence-electron chi connectivity index (χ1n) is 9.40. The van der Waals surface area contributed by atoms with Gasteiger partial charge in [0.05, 0.1) is 0 Å². The van der Waals surface area contributed by atoms with Crippen LogP contribution in [-0.2, 0) is 16.1 Å². The number of amides is 2. The fraction of sp³-hybridized carbons (Fsp3) is 0.600. The molecule has 2 atom stereocenters. The van der Waals surface area contributed by atoms with Crippen molar-refractivity contribution in [3.8, 4) is 0 Å². The zero-order valence-electron chi connectivity index (χ0n) is 15.2. The summed E-state index contributed by atoms with van der Waals surface area (Å²) < 4.78 is 0. The van der Waals surface area contributed by atoms with E-state index in [0.717, 1.165) is 19.5 Å². The van der Waals surface area contributed by atoms with E-state index in [9.17, 15) is 9.59 Å². The van der Waals surface area contributed by atoms with Crippen LogP contribution in [0.4, 0.5) is 0 Å². The zero-order chi connectivity index (χ0) is 18.1. The van der Waals surface area contributed by atoms with E-state index in [0.29, 0.717) is 25.4 Å². The Morgan fingerprint density at radius 1 is 1.28 bits per heavy atom. The normalized spacial score (nSPS) is 19.3. The largest absolute Gasteiger partial charge is 0.369 e. The van der Waals surface area contributed by atoms with Crippen LogP contribution in [0.15, 0.2) is 30.3 Å². The topological polar surface area (TPSA) is 75.4 Å². The molecule has 2 amide bonds. The van der Waals surface area contributed by atoms with Gasteiger partial charge in [-0.05, 0) is 37.8 Å². The third-order valence-electron chi connectivity index (χ3n) is 5.07. The van der Waals surface area contributed by atoms with Gasteiger partial charge >= 0.3 is 0 Å². The average molecular weight is 345 g/mol. The number of primary amides is 1. The molecule has 25 heavy (non-hydrogen) atoms. The number of piperidine rings is 1. The Hall–Kier alpha value is -1.88. The maximum atomic E-state index is 11.9. The molecule has 5 heteroatoms. The fourth-order valence-corrected chi connectivity index (χ4v) is 3.37. The molecule has 5 nitrogen and oxygen atoms in total. The molecule has 0 radical (unpaired) electrons. The number of hydrogen-bond donors (Lipinski definition) is 2. The Bertz CT molecular complexity index is 547. The summed E-state index contributed by atoms with van der Waals surface area (Å²) in [5, 5.41) is 2.99. The van der Waals surface area contributed by atoms with Gasteiger partial charge in [-0.1, -0.05) is 43.7 Å². The first kappa shape index (κ1) is 19.4. The van der Waals surface area contributed by atoms with Gasteiger partial charge in [0, 0.05) is 31.5 Å². The van der Waals surface area contributed by atoms with Gasteiger partial charge in [0.2, 0.25) is 11.8 Å². The van der Waals surface area contributed by atoms with Crippen molar-refractivity contribution in [1.29, 1.82) is 0 Å². The minimum Gasteiger partial charge on any atom is -0.369 e. The molecule has 0 saturated carbocycles. The maximum Gasteiger partial charge on any atom is 0.220 e. The molecule has 1 unspecified atom stereocenters. The Morgan fingerprint density at radius 2 is 2.04 bits per heavy atom. The third kappa shape index (κ3) is 6.86. The van der Waals surface area contributed by atoms with Gasteiger partial charge in [0.25, 0.3) is 0 Å². The molecule has 1 aliphatic heterocycles. The van der Waals surface area contributed by atoms with Crippen molar-refractivity contribution in [2.45, 2.75) is 58.0 Å². The van der Waals surface area contributed by atoms with Crippen molar-refractivity contribution in [1.82, 2.24) is 10.2 Å². The van der Waals surface area contributed by atoms with Gasteiger partial charge < -0.3 is 11.1 Å². The van der Waals surface area contributed by atoms with E-state index in [2.05, 4.69) is 34.5 Å². The second-order valence-electron chi connectivity index (χ2n) is 7.09. The van der Waals surface area contributed by atoms with E-state index in [1.165, 1.54) is 24.8 Å². The predicted molar refractivity (Wildman–Crippen MR) is 99.7 cm³/mol. The number of benzene rings is 1. The molecule has 3 N–H and O–H groups in total. The lowest BCUT2D eigenvalue weighted by Gasteiger charge is -2.36. The highest BCUT2D eigenvalue weighted by Crippen LogP contribution is 2.21. The van der Waals surface area contributed by atoms with E-state index in [-0.39, 0.29) is 17.7 Å². The summed E-state index contributed by atoms with van der Waals surface area (Å²) in [7, 11) is 0. The molecule has 138 valence electrons. The number of carbonyl (C=O) groups is 2. The second kappa shape index (κ2) is 10.2. The molecule has 0 aromatic heterocycles. The van der Waals surface area contributed by atoms with Gasteiger partial charge in [-0.15, -0.1) is 0 Å². The molecule has 1 saturated heterocycles. The lowest BCUT2D eigenvalue weighted by atomic mass is 9.98. The number of likely N-dealkylation sites (tertiary alicyclic amines) is 1. The molecule has 0 bridgehead atoms. The summed E-state index contributed by atoms with van der Waals surface area (Å²) in [5.41, 5.74) is 6.57. The van der Waals surface area contributed by atoms with E-state index in [1.807, 2.05) is 6.07 Å². The van der Waals surface area contributed by atoms with Crippen LogP contribution in [-0.4, -0.2) is 35.8 Å². The summed E-state index contributed by atoms with van der Waals surface area (Å²) in [6.07, 6.45) is 5.57. The van der Waals surface area contributed by atoms with Crippen LogP contribution < -0.4 is 11.1 Å². The molecule has 1 aromatic carbocycles. The zero-order valence-corrected chi connectivity index (χ0v) is 15.2. The molecule has 2 rings (SSSR count). The van der Waals surface area contributed by atoms with E-state index in [4.69, 9.17) is 5.73 Å². The van der Waals surface area contributed by atoms with E-state index >= 15 is 0 Å². The van der Waals surface area contributed by atoms with Crippen LogP contribution in [0.1, 0.15) is 51.0 Å². The minimum absolute atomic E-state index is 0.0125. The number of rotatable bonds is 9. The van der Waals surface area contributed by atoms with Crippen LogP contribution in [0.2, 0.25) is 0 Å². The molecule has 1 fully saturated rings. The molecular formula is C20H31N3O2. The van der Waals surface area contributed by atoms with Gasteiger partial charge in [-0.3, -0.25) is 14.5 Å². The van der Waals surface area contributed by atoms with Gasteiger partial charge in [0.15, 0.2) is 0 Å². The molecule has 1 aromatic rings. The maximum absolute atomic E-state index is 11.9. The van der Waals surface area contributed by atoms with Crippen LogP contribution in [0.5, 0.6) is 0 Å². The number of nitrogens with one attached hydrogen (secondary N) is 1. The van der Waals surface area contributed by atoms with Crippen LogP contribution in [0, 0.1) is 5.92 Å². The molecule has 1 heterocycles. The highest BCUT2D eigenvalue weighted by atomic mass is 16.2. The standard InChI is InChI=1S/C20H31N3O2/c1-16(20(21)25)10-11-19(24)22-13-12-18-9-5-6-14-23(18)15-17-7-3-2-4-8-17/h2-4,7-8,16,18H,5-6,9-15H2,1H3,(H2,21,25)(H,22,24)/t16?,18-/m0/s1. The van der Waals surface area contributed by atoms with Crippen molar-refractivity contribution in [3.63, 3.8) is 0 Å². The van der Waals surface area contributed by atoms with Crippen molar-refractivity contribution in [2.75, 3.05) is 13.1 Å². The highest BCUT2D eigenvalue weighted by Gasteiger charge is 2.22. The summed E-state index contributed by atoms with van der Waals surface area (Å²) in [6.45, 7) is 4.57. The van der Waals surface area contributed by atoms with Gasteiger partial charge in [0.1, 0.15) is 0 Å². The Labute approximate surface area is 151 Å². The number of nitrogens with zero attached hydrogens (tertiary/aromatic N) is 1. The molecule has 0 aliphatic carbocycles. The van der Waals surface area contributed by atoms with E-state index < -0.39 is 0 Å². The number of carbonyl (C=O) groups excluding carboxylic acids is 2. The summed E-state index contributed by atoms with van der Waals surface area (Å²) >= 11 is 0. The summed E-state index contributed by atoms with van der Waals surface area (Å²) in [6, 6.07) is 11.1. The number of nitrogens with two attached hydrogens (primary N) is 1. The van der Waals surface area contributed by atoms with Gasteiger partial charge in [-0.25, -0.2) is 0 Å². The van der Waals surface area contributed by atoms with Crippen molar-refractivity contribution in [2.24, 2.45) is 11.7 Å². The van der Waals surface area contributed by atoms with Crippen LogP contribution >= 0.6 is 0 Å². The summed E-state index contributed by atoms with van der Waals surface area (Å²) in [5.74, 6) is -0.574. The molecule has 1 aliphatic rings. The Morgan fingerprint density at radius 3 is 2.76 bits per heavy atom. The summed E-state index contributed by atoms with van der Waals surface area (Å²) in [4.78, 5) is 25.5. The van der Waals surface area contributed by atoms with Crippen molar-refractivity contribution >= 4 is 11.8 Å². The third-order valence-corrected chi connectivity index (χ3v) is 5.07. The average Bonchev–Trinajstić information content (AvgIpc) is 2.62. The fourth-order valence-electron chi connectivity index (χ4n) is 3.37. The monoisotopic (exact) mass is 345 g/mol.